The molecule has 0 unspecified atom stereocenters. The van der Waals surface area contributed by atoms with Gasteiger partial charge in [0.05, 0.1) is 0 Å². The van der Waals surface area contributed by atoms with Crippen molar-refractivity contribution in [1.82, 2.24) is 4.90 Å². The van der Waals surface area contributed by atoms with Crippen LogP contribution in [0.5, 0.6) is 0 Å². The van der Waals surface area contributed by atoms with Crippen molar-refractivity contribution in [3.63, 3.8) is 0 Å². The molecule has 2 amide bonds. The van der Waals surface area contributed by atoms with Crippen LogP contribution in [-0.2, 0) is 6.54 Å². The molecule has 0 saturated heterocycles. The average Bonchev–Trinajstić information content (AvgIpc) is 2.43. The van der Waals surface area contributed by atoms with Gasteiger partial charge in [0.2, 0.25) is 0 Å². The van der Waals surface area contributed by atoms with Crippen molar-refractivity contribution in [2.45, 2.75) is 13.5 Å². The summed E-state index contributed by atoms with van der Waals surface area (Å²) in [4.78, 5) is 14.0. The molecule has 0 aliphatic carbocycles. The second-order valence-electron chi connectivity index (χ2n) is 5.38. The molecule has 0 aromatic heterocycles. The van der Waals surface area contributed by atoms with E-state index in [1.54, 1.807) is 0 Å². The Hall–Kier alpha value is -2.33. The SMILES string of the molecule is Cc1ccc(NC(=O)Nc2ccc(CN(C)C)cc2)cc1. The van der Waals surface area contributed by atoms with Gasteiger partial charge in [0.15, 0.2) is 0 Å². The summed E-state index contributed by atoms with van der Waals surface area (Å²) in [5.41, 5.74) is 3.94. The minimum absolute atomic E-state index is 0.237. The third kappa shape index (κ3) is 4.93. The Balaban J connectivity index is 1.91. The van der Waals surface area contributed by atoms with Crippen LogP contribution in [0, 0.1) is 6.92 Å². The molecule has 0 spiro atoms. The van der Waals surface area contributed by atoms with Gasteiger partial charge >= 0.3 is 6.03 Å². The monoisotopic (exact) mass is 283 g/mol. The number of carbonyl (C=O) groups excluding carboxylic acids is 1. The molecule has 110 valence electrons. The number of benzene rings is 2. The fraction of sp³-hybridized carbons (Fsp3) is 0.235. The van der Waals surface area contributed by atoms with E-state index < -0.39 is 0 Å². The van der Waals surface area contributed by atoms with Gasteiger partial charge in [-0.1, -0.05) is 29.8 Å². The van der Waals surface area contributed by atoms with Gasteiger partial charge in [0.1, 0.15) is 0 Å². The first-order valence-electron chi connectivity index (χ1n) is 6.91. The summed E-state index contributed by atoms with van der Waals surface area (Å²) >= 11 is 0. The topological polar surface area (TPSA) is 44.4 Å². The van der Waals surface area contributed by atoms with Crippen molar-refractivity contribution in [2.75, 3.05) is 24.7 Å². The number of hydrogen-bond donors (Lipinski definition) is 2. The smallest absolute Gasteiger partial charge is 0.308 e. The lowest BCUT2D eigenvalue weighted by atomic mass is 10.2. The molecule has 0 saturated carbocycles. The van der Waals surface area contributed by atoms with Gasteiger partial charge in [-0.25, -0.2) is 4.79 Å². The predicted octanol–water partition coefficient (Wildman–Crippen LogP) is 3.70. The largest absolute Gasteiger partial charge is 0.323 e. The van der Waals surface area contributed by atoms with E-state index in [9.17, 15) is 4.79 Å². The van der Waals surface area contributed by atoms with Crippen molar-refractivity contribution < 1.29 is 4.79 Å². The first kappa shape index (κ1) is 15.1. The van der Waals surface area contributed by atoms with E-state index in [2.05, 4.69) is 15.5 Å². The number of aryl methyl sites for hydroxylation is 1. The van der Waals surface area contributed by atoms with E-state index >= 15 is 0 Å². The highest BCUT2D eigenvalue weighted by atomic mass is 16.2. The van der Waals surface area contributed by atoms with Gasteiger partial charge in [-0.2, -0.15) is 0 Å². The summed E-state index contributed by atoms with van der Waals surface area (Å²) in [6, 6.07) is 15.3. The zero-order valence-electron chi connectivity index (χ0n) is 12.7. The summed E-state index contributed by atoms with van der Waals surface area (Å²) in [6.07, 6.45) is 0. The number of amides is 2. The number of urea groups is 1. The van der Waals surface area contributed by atoms with Crippen LogP contribution in [0.1, 0.15) is 11.1 Å². The zero-order chi connectivity index (χ0) is 15.2. The maximum atomic E-state index is 11.9. The summed E-state index contributed by atoms with van der Waals surface area (Å²) in [5, 5.41) is 5.63. The highest BCUT2D eigenvalue weighted by Gasteiger charge is 2.03. The summed E-state index contributed by atoms with van der Waals surface area (Å²) in [5.74, 6) is 0. The maximum Gasteiger partial charge on any atom is 0.323 e. The molecule has 0 aliphatic heterocycles. The molecule has 0 fully saturated rings. The van der Waals surface area contributed by atoms with E-state index in [-0.39, 0.29) is 6.03 Å². The molecular weight excluding hydrogens is 262 g/mol. The van der Waals surface area contributed by atoms with Crippen molar-refractivity contribution >= 4 is 17.4 Å². The number of rotatable bonds is 4. The molecule has 0 atom stereocenters. The lowest BCUT2D eigenvalue weighted by Crippen LogP contribution is -2.19. The molecule has 21 heavy (non-hydrogen) atoms. The standard InChI is InChI=1S/C17H21N3O/c1-13-4-8-15(9-5-13)18-17(21)19-16-10-6-14(7-11-16)12-20(2)3/h4-11H,12H2,1-3H3,(H2,18,19,21). The predicted molar refractivity (Wildman–Crippen MR) is 87.7 cm³/mol. The Labute approximate surface area is 125 Å². The van der Waals surface area contributed by atoms with Crippen molar-refractivity contribution in [3.8, 4) is 0 Å². The molecule has 0 aliphatic rings. The van der Waals surface area contributed by atoms with E-state index in [1.165, 1.54) is 5.56 Å². The summed E-state index contributed by atoms with van der Waals surface area (Å²) in [7, 11) is 4.06. The fourth-order valence-electron chi connectivity index (χ4n) is 1.99. The molecule has 2 aromatic carbocycles. The first-order chi connectivity index (χ1) is 10.0. The fourth-order valence-corrected chi connectivity index (χ4v) is 1.99. The Morgan fingerprint density at radius 1 is 0.905 bits per heavy atom. The van der Waals surface area contributed by atoms with Crippen LogP contribution in [0.3, 0.4) is 0 Å². The van der Waals surface area contributed by atoms with Gasteiger partial charge in [-0.15, -0.1) is 0 Å². The first-order valence-corrected chi connectivity index (χ1v) is 6.91. The zero-order valence-corrected chi connectivity index (χ0v) is 12.7. The number of anilines is 2. The average molecular weight is 283 g/mol. The van der Waals surface area contributed by atoms with Gasteiger partial charge in [0.25, 0.3) is 0 Å². The van der Waals surface area contributed by atoms with Crippen LogP contribution in [-0.4, -0.2) is 25.0 Å². The Bertz CT molecular complexity index is 588. The van der Waals surface area contributed by atoms with Gasteiger partial charge in [0, 0.05) is 17.9 Å². The summed E-state index contributed by atoms with van der Waals surface area (Å²) in [6.45, 7) is 2.90. The highest BCUT2D eigenvalue weighted by Crippen LogP contribution is 2.12. The van der Waals surface area contributed by atoms with Crippen molar-refractivity contribution in [2.24, 2.45) is 0 Å². The molecule has 4 nitrogen and oxygen atoms in total. The van der Waals surface area contributed by atoms with Gasteiger partial charge in [-0.3, -0.25) is 0 Å². The quantitative estimate of drug-likeness (QED) is 0.898. The lowest BCUT2D eigenvalue weighted by molar-refractivity contribution is 0.262. The van der Waals surface area contributed by atoms with Crippen LogP contribution in [0.4, 0.5) is 16.2 Å². The second kappa shape index (κ2) is 6.90. The van der Waals surface area contributed by atoms with Crippen molar-refractivity contribution in [1.29, 1.82) is 0 Å². The molecule has 0 heterocycles. The minimum atomic E-state index is -0.237. The molecule has 2 N–H and O–H groups in total. The molecule has 4 heteroatoms. The lowest BCUT2D eigenvalue weighted by Gasteiger charge is -2.11. The van der Waals surface area contributed by atoms with Crippen LogP contribution < -0.4 is 10.6 Å². The van der Waals surface area contributed by atoms with E-state index in [0.29, 0.717) is 0 Å². The van der Waals surface area contributed by atoms with Crippen molar-refractivity contribution in [3.05, 3.63) is 59.7 Å². The number of carbonyl (C=O) groups is 1. The van der Waals surface area contributed by atoms with E-state index in [4.69, 9.17) is 0 Å². The van der Waals surface area contributed by atoms with Crippen LogP contribution in [0.2, 0.25) is 0 Å². The Morgan fingerprint density at radius 2 is 1.38 bits per heavy atom. The van der Waals surface area contributed by atoms with E-state index in [1.807, 2.05) is 69.6 Å². The molecule has 0 radical (unpaired) electrons. The van der Waals surface area contributed by atoms with Crippen LogP contribution >= 0.6 is 0 Å². The van der Waals surface area contributed by atoms with Gasteiger partial charge in [-0.05, 0) is 50.8 Å². The summed E-state index contributed by atoms with van der Waals surface area (Å²) < 4.78 is 0. The normalized spacial score (nSPS) is 10.5. The highest BCUT2D eigenvalue weighted by molar-refractivity contribution is 5.99. The number of nitrogens with one attached hydrogen (secondary N) is 2. The third-order valence-corrected chi connectivity index (χ3v) is 3.02. The molecule has 2 aromatic rings. The molecule has 0 bridgehead atoms. The minimum Gasteiger partial charge on any atom is -0.308 e. The Morgan fingerprint density at radius 3 is 1.86 bits per heavy atom. The molecular formula is C17H21N3O. The number of nitrogens with zero attached hydrogens (tertiary/aromatic N) is 1. The second-order valence-corrected chi connectivity index (χ2v) is 5.38. The Kier molecular flexibility index (Phi) is 4.95. The maximum absolute atomic E-state index is 11.9. The number of hydrogen-bond acceptors (Lipinski definition) is 2. The van der Waals surface area contributed by atoms with Crippen LogP contribution in [0.25, 0.3) is 0 Å². The molecule has 2 rings (SSSR count). The van der Waals surface area contributed by atoms with E-state index in [0.717, 1.165) is 23.5 Å². The third-order valence-electron chi connectivity index (χ3n) is 3.02. The van der Waals surface area contributed by atoms with Gasteiger partial charge < -0.3 is 15.5 Å². The van der Waals surface area contributed by atoms with Crippen LogP contribution in [0.15, 0.2) is 48.5 Å².